The zero-order valence-corrected chi connectivity index (χ0v) is 14.6. The maximum atomic E-state index is 11.5. The van der Waals surface area contributed by atoms with Gasteiger partial charge in [0, 0.05) is 19.4 Å². The summed E-state index contributed by atoms with van der Waals surface area (Å²) in [6.45, 7) is 6.04. The van der Waals surface area contributed by atoms with E-state index in [1.54, 1.807) is 24.3 Å². The molecule has 1 amide bonds. The number of nitrogens with two attached hydrogens (primary N) is 2. The second-order valence-electron chi connectivity index (χ2n) is 5.35. The van der Waals surface area contributed by atoms with Crippen molar-refractivity contribution in [2.24, 2.45) is 16.0 Å². The van der Waals surface area contributed by atoms with Crippen molar-refractivity contribution in [1.82, 2.24) is 4.98 Å². The molecule has 0 saturated heterocycles. The molecule has 1 aromatic heterocycles. The van der Waals surface area contributed by atoms with Gasteiger partial charge in [-0.15, -0.1) is 10.2 Å². The minimum absolute atomic E-state index is 0.149. The molecule has 0 aliphatic rings. The van der Waals surface area contributed by atoms with Crippen molar-refractivity contribution in [3.05, 3.63) is 48.7 Å². The number of allylic oxidation sites excluding steroid dienone is 1. The predicted molar refractivity (Wildman–Crippen MR) is 102 cm³/mol. The van der Waals surface area contributed by atoms with Crippen LogP contribution in [0.2, 0.25) is 0 Å². The molecule has 0 aliphatic carbocycles. The van der Waals surface area contributed by atoms with E-state index in [0.717, 1.165) is 0 Å². The quantitative estimate of drug-likeness (QED) is 0.492. The van der Waals surface area contributed by atoms with Crippen LogP contribution in [0.4, 0.5) is 23.0 Å². The third kappa shape index (κ3) is 5.38. The molecule has 8 nitrogen and oxygen atoms in total. The Morgan fingerprint density at radius 1 is 1.23 bits per heavy atom. The van der Waals surface area contributed by atoms with Gasteiger partial charge in [0.1, 0.15) is 17.2 Å². The lowest BCUT2D eigenvalue weighted by atomic mass is 10.3. The summed E-state index contributed by atoms with van der Waals surface area (Å²) in [4.78, 5) is 15.6. The SMILES string of the molecule is C=C(CC)Oc1ccccc1N=Nc1ccc(NC(=O)CCN)nc1N. The Kier molecular flexibility index (Phi) is 6.81. The number of ether oxygens (including phenoxy) is 1. The van der Waals surface area contributed by atoms with Gasteiger partial charge in [0.05, 0.1) is 5.76 Å². The van der Waals surface area contributed by atoms with Gasteiger partial charge < -0.3 is 21.5 Å². The van der Waals surface area contributed by atoms with Gasteiger partial charge >= 0.3 is 0 Å². The minimum atomic E-state index is -0.226. The second-order valence-corrected chi connectivity index (χ2v) is 5.35. The highest BCUT2D eigenvalue weighted by molar-refractivity contribution is 5.90. The summed E-state index contributed by atoms with van der Waals surface area (Å²) in [5.41, 5.74) is 12.1. The molecule has 2 aromatic rings. The minimum Gasteiger partial charge on any atom is -0.460 e. The maximum absolute atomic E-state index is 11.5. The maximum Gasteiger partial charge on any atom is 0.226 e. The normalized spacial score (nSPS) is 10.7. The van der Waals surface area contributed by atoms with Crippen LogP contribution in [0.1, 0.15) is 19.8 Å². The number of anilines is 2. The molecule has 26 heavy (non-hydrogen) atoms. The lowest BCUT2D eigenvalue weighted by Crippen LogP contribution is -2.17. The molecular formula is C18H22N6O2. The van der Waals surface area contributed by atoms with Crippen molar-refractivity contribution in [2.75, 3.05) is 17.6 Å². The van der Waals surface area contributed by atoms with Gasteiger partial charge in [0.2, 0.25) is 5.91 Å². The molecule has 0 aliphatic heterocycles. The lowest BCUT2D eigenvalue weighted by Gasteiger charge is -2.08. The number of benzene rings is 1. The molecule has 0 bridgehead atoms. The fraction of sp³-hybridized carbons (Fsp3) is 0.222. The average Bonchev–Trinajstić information content (AvgIpc) is 2.62. The van der Waals surface area contributed by atoms with Crippen LogP contribution in [0, 0.1) is 0 Å². The predicted octanol–water partition coefficient (Wildman–Crippen LogP) is 3.67. The van der Waals surface area contributed by atoms with Crippen molar-refractivity contribution in [3.63, 3.8) is 0 Å². The Morgan fingerprint density at radius 2 is 1.96 bits per heavy atom. The van der Waals surface area contributed by atoms with Gasteiger partial charge in [-0.25, -0.2) is 4.98 Å². The molecule has 0 spiro atoms. The van der Waals surface area contributed by atoms with Gasteiger partial charge in [-0.1, -0.05) is 25.6 Å². The third-order valence-corrected chi connectivity index (χ3v) is 3.32. The number of pyridine rings is 1. The molecule has 0 fully saturated rings. The Morgan fingerprint density at radius 3 is 2.65 bits per heavy atom. The number of nitrogens with one attached hydrogen (secondary N) is 1. The smallest absolute Gasteiger partial charge is 0.226 e. The van der Waals surface area contributed by atoms with E-state index in [1.165, 1.54) is 0 Å². The van der Waals surface area contributed by atoms with Crippen LogP contribution in [0.5, 0.6) is 5.75 Å². The molecule has 136 valence electrons. The molecule has 2 rings (SSSR count). The Balaban J connectivity index is 2.16. The first-order valence-electron chi connectivity index (χ1n) is 8.16. The highest BCUT2D eigenvalue weighted by Gasteiger charge is 2.07. The molecule has 0 radical (unpaired) electrons. The number of hydrogen-bond donors (Lipinski definition) is 3. The van der Waals surface area contributed by atoms with Gasteiger partial charge in [-0.2, -0.15) is 0 Å². The van der Waals surface area contributed by atoms with Crippen LogP contribution < -0.4 is 21.5 Å². The fourth-order valence-corrected chi connectivity index (χ4v) is 1.92. The largest absolute Gasteiger partial charge is 0.460 e. The topological polar surface area (TPSA) is 128 Å². The summed E-state index contributed by atoms with van der Waals surface area (Å²) in [7, 11) is 0. The standard InChI is InChI=1S/C18H22N6O2/c1-3-12(2)26-15-7-5-4-6-13(15)23-24-14-8-9-16(22-18(14)20)21-17(25)10-11-19/h4-9H,2-3,10-11,19H2,1H3,(H3,20,21,22,25). The van der Waals surface area contributed by atoms with E-state index in [4.69, 9.17) is 16.2 Å². The average molecular weight is 354 g/mol. The third-order valence-electron chi connectivity index (χ3n) is 3.32. The van der Waals surface area contributed by atoms with E-state index < -0.39 is 0 Å². The Labute approximate surface area is 152 Å². The molecule has 0 unspecified atom stereocenters. The number of amides is 1. The van der Waals surface area contributed by atoms with E-state index in [1.807, 2.05) is 19.1 Å². The number of hydrogen-bond acceptors (Lipinski definition) is 7. The second kappa shape index (κ2) is 9.28. The van der Waals surface area contributed by atoms with Crippen molar-refractivity contribution >= 4 is 28.9 Å². The molecule has 0 atom stereocenters. The van der Waals surface area contributed by atoms with E-state index in [-0.39, 0.29) is 24.7 Å². The highest BCUT2D eigenvalue weighted by atomic mass is 16.5. The zero-order chi connectivity index (χ0) is 18.9. The van der Waals surface area contributed by atoms with E-state index in [2.05, 4.69) is 27.1 Å². The van der Waals surface area contributed by atoms with E-state index >= 15 is 0 Å². The van der Waals surface area contributed by atoms with Gasteiger partial charge in [0.25, 0.3) is 0 Å². The number of rotatable bonds is 8. The van der Waals surface area contributed by atoms with Crippen molar-refractivity contribution < 1.29 is 9.53 Å². The Bertz CT molecular complexity index is 819. The number of nitrogen functional groups attached to an aromatic ring is 1. The molecule has 5 N–H and O–H groups in total. The Hall–Kier alpha value is -3.26. The van der Waals surface area contributed by atoms with Crippen molar-refractivity contribution in [3.8, 4) is 5.75 Å². The molecule has 0 saturated carbocycles. The summed E-state index contributed by atoms with van der Waals surface area (Å²) in [6.07, 6.45) is 0.905. The highest BCUT2D eigenvalue weighted by Crippen LogP contribution is 2.31. The van der Waals surface area contributed by atoms with Crippen LogP contribution >= 0.6 is 0 Å². The summed E-state index contributed by atoms with van der Waals surface area (Å²) < 4.78 is 5.65. The molecule has 8 heteroatoms. The van der Waals surface area contributed by atoms with E-state index in [9.17, 15) is 4.79 Å². The van der Waals surface area contributed by atoms with Crippen molar-refractivity contribution in [1.29, 1.82) is 0 Å². The van der Waals surface area contributed by atoms with Crippen LogP contribution in [0.15, 0.2) is 59.0 Å². The number of aromatic nitrogens is 1. The van der Waals surface area contributed by atoms with Gasteiger partial charge in [0.15, 0.2) is 11.6 Å². The monoisotopic (exact) mass is 354 g/mol. The summed E-state index contributed by atoms with van der Waals surface area (Å²) in [5.74, 6) is 1.45. The van der Waals surface area contributed by atoms with Crippen LogP contribution in [-0.2, 0) is 4.79 Å². The number of nitrogens with zero attached hydrogens (tertiary/aromatic N) is 3. The number of azo groups is 1. The van der Waals surface area contributed by atoms with Crippen LogP contribution in [0.25, 0.3) is 0 Å². The lowest BCUT2D eigenvalue weighted by molar-refractivity contribution is -0.116. The molecular weight excluding hydrogens is 332 g/mol. The number of para-hydroxylation sites is 1. The summed E-state index contributed by atoms with van der Waals surface area (Å²) in [6, 6.07) is 10.4. The van der Waals surface area contributed by atoms with E-state index in [0.29, 0.717) is 35.1 Å². The summed E-state index contributed by atoms with van der Waals surface area (Å²) >= 11 is 0. The van der Waals surface area contributed by atoms with Gasteiger partial charge in [-0.3, -0.25) is 4.79 Å². The van der Waals surface area contributed by atoms with Crippen LogP contribution in [-0.4, -0.2) is 17.4 Å². The van der Waals surface area contributed by atoms with Gasteiger partial charge in [-0.05, 0) is 24.3 Å². The van der Waals surface area contributed by atoms with Crippen molar-refractivity contribution in [2.45, 2.75) is 19.8 Å². The zero-order valence-electron chi connectivity index (χ0n) is 14.6. The fourth-order valence-electron chi connectivity index (χ4n) is 1.92. The number of carbonyl (C=O) groups excluding carboxylic acids is 1. The summed E-state index contributed by atoms with van der Waals surface area (Å²) in [5, 5.41) is 10.9. The first-order valence-corrected chi connectivity index (χ1v) is 8.16. The molecule has 1 aromatic carbocycles. The first kappa shape index (κ1) is 19.1. The molecule has 1 heterocycles. The first-order chi connectivity index (χ1) is 12.5. The number of carbonyl (C=O) groups is 1. The van der Waals surface area contributed by atoms with Crippen LogP contribution in [0.3, 0.4) is 0 Å².